The number of hydrogen-bond acceptors (Lipinski definition) is 3. The van der Waals surface area contributed by atoms with Gasteiger partial charge in [0.05, 0.1) is 11.4 Å². The number of piperazine rings is 1. The molecule has 0 aliphatic carbocycles. The molecule has 1 aliphatic heterocycles. The maximum Gasteiger partial charge on any atom is 0.137 e. The van der Waals surface area contributed by atoms with Crippen LogP contribution in [0.4, 0.5) is 0 Å². The molecule has 1 fully saturated rings. The molecule has 28 heavy (non-hydrogen) atoms. The predicted octanol–water partition coefficient (Wildman–Crippen LogP) is 4.46. The van der Waals surface area contributed by atoms with E-state index in [0.717, 1.165) is 61.4 Å². The molecule has 5 heteroatoms. The van der Waals surface area contributed by atoms with Gasteiger partial charge >= 0.3 is 0 Å². The van der Waals surface area contributed by atoms with Gasteiger partial charge in [0.1, 0.15) is 5.15 Å². The van der Waals surface area contributed by atoms with Gasteiger partial charge in [-0.1, -0.05) is 54.1 Å². The van der Waals surface area contributed by atoms with Crippen molar-refractivity contribution in [3.63, 3.8) is 0 Å². The van der Waals surface area contributed by atoms with Crippen molar-refractivity contribution < 1.29 is 0 Å². The minimum atomic E-state index is 0.728. The third kappa shape index (κ3) is 4.14. The largest absolute Gasteiger partial charge is 0.297 e. The third-order valence-corrected chi connectivity index (χ3v) is 6.01. The van der Waals surface area contributed by atoms with Crippen LogP contribution < -0.4 is 0 Å². The molecule has 0 N–H and O–H groups in total. The summed E-state index contributed by atoms with van der Waals surface area (Å²) >= 11 is 6.70. The van der Waals surface area contributed by atoms with Crippen LogP contribution in [0.1, 0.15) is 22.4 Å². The number of hydrogen-bond donors (Lipinski definition) is 0. The van der Waals surface area contributed by atoms with Crippen molar-refractivity contribution in [3.8, 4) is 5.69 Å². The third-order valence-electron chi connectivity index (χ3n) is 5.62. The fraction of sp³-hybridized carbons (Fsp3) is 0.348. The summed E-state index contributed by atoms with van der Waals surface area (Å²) < 4.78 is 1.85. The van der Waals surface area contributed by atoms with Crippen LogP contribution in [-0.2, 0) is 13.1 Å². The van der Waals surface area contributed by atoms with Crippen molar-refractivity contribution in [3.05, 3.63) is 82.1 Å². The molecule has 0 saturated carbocycles. The van der Waals surface area contributed by atoms with Crippen LogP contribution in [0.3, 0.4) is 0 Å². The highest BCUT2D eigenvalue weighted by Gasteiger charge is 2.21. The highest BCUT2D eigenvalue weighted by molar-refractivity contribution is 6.30. The van der Waals surface area contributed by atoms with Gasteiger partial charge in [-0.25, -0.2) is 4.68 Å². The Morgan fingerprint density at radius 3 is 2.11 bits per heavy atom. The molecule has 4 rings (SSSR count). The molecular formula is C23H27ClN4. The van der Waals surface area contributed by atoms with Crippen molar-refractivity contribution in [1.29, 1.82) is 0 Å². The van der Waals surface area contributed by atoms with E-state index in [2.05, 4.69) is 53.0 Å². The molecule has 0 radical (unpaired) electrons. The minimum Gasteiger partial charge on any atom is -0.297 e. The Labute approximate surface area is 172 Å². The molecule has 146 valence electrons. The molecule has 4 nitrogen and oxygen atoms in total. The summed E-state index contributed by atoms with van der Waals surface area (Å²) in [4.78, 5) is 5.03. The summed E-state index contributed by atoms with van der Waals surface area (Å²) in [6, 6.07) is 18.8. The van der Waals surface area contributed by atoms with Crippen molar-refractivity contribution in [2.24, 2.45) is 0 Å². The fourth-order valence-electron chi connectivity index (χ4n) is 3.81. The average Bonchev–Trinajstić information content (AvgIpc) is 3.00. The van der Waals surface area contributed by atoms with Gasteiger partial charge in [-0.15, -0.1) is 0 Å². The summed E-state index contributed by atoms with van der Waals surface area (Å²) in [5, 5.41) is 5.40. The highest BCUT2D eigenvalue weighted by atomic mass is 35.5. The standard InChI is InChI=1S/C23H27ClN4/c1-18-8-6-7-9-20(18)16-26-12-14-27(15-13-26)17-22-19(2)25-28(23(22)24)21-10-4-3-5-11-21/h3-11H,12-17H2,1-2H3. The number of aryl methyl sites for hydroxylation is 2. The number of para-hydroxylation sites is 1. The van der Waals surface area contributed by atoms with Gasteiger partial charge in [-0.2, -0.15) is 5.10 Å². The molecular weight excluding hydrogens is 368 g/mol. The Kier molecular flexibility index (Phi) is 5.81. The van der Waals surface area contributed by atoms with E-state index in [9.17, 15) is 0 Å². The van der Waals surface area contributed by atoms with Gasteiger partial charge < -0.3 is 0 Å². The number of nitrogens with zero attached hydrogens (tertiary/aromatic N) is 4. The van der Waals surface area contributed by atoms with E-state index in [4.69, 9.17) is 11.6 Å². The molecule has 0 unspecified atom stereocenters. The van der Waals surface area contributed by atoms with Gasteiger partial charge in [-0.3, -0.25) is 9.80 Å². The lowest BCUT2D eigenvalue weighted by Gasteiger charge is -2.35. The Morgan fingerprint density at radius 2 is 1.43 bits per heavy atom. The average molecular weight is 395 g/mol. The van der Waals surface area contributed by atoms with Crippen LogP contribution in [0.15, 0.2) is 54.6 Å². The monoisotopic (exact) mass is 394 g/mol. The summed E-state index contributed by atoms with van der Waals surface area (Å²) in [6.07, 6.45) is 0. The first-order valence-corrected chi connectivity index (χ1v) is 10.3. The maximum absolute atomic E-state index is 6.70. The van der Waals surface area contributed by atoms with E-state index in [1.807, 2.05) is 35.0 Å². The lowest BCUT2D eigenvalue weighted by molar-refractivity contribution is 0.121. The second kappa shape index (κ2) is 8.48. The Bertz CT molecular complexity index is 927. The Hall–Kier alpha value is -2.14. The summed E-state index contributed by atoms with van der Waals surface area (Å²) in [5.41, 5.74) is 5.96. The first-order chi connectivity index (χ1) is 13.6. The SMILES string of the molecule is Cc1ccccc1CN1CCN(Cc2c(C)nn(-c3ccccc3)c2Cl)CC1. The zero-order chi connectivity index (χ0) is 19.5. The van der Waals surface area contributed by atoms with Crippen molar-refractivity contribution in [2.45, 2.75) is 26.9 Å². The second-order valence-corrected chi connectivity index (χ2v) is 7.94. The molecule has 0 bridgehead atoms. The number of benzene rings is 2. The maximum atomic E-state index is 6.70. The first-order valence-electron chi connectivity index (χ1n) is 9.90. The van der Waals surface area contributed by atoms with Crippen LogP contribution in [0.2, 0.25) is 5.15 Å². The fourth-order valence-corrected chi connectivity index (χ4v) is 4.14. The number of rotatable bonds is 5. The highest BCUT2D eigenvalue weighted by Crippen LogP contribution is 2.25. The van der Waals surface area contributed by atoms with E-state index in [0.29, 0.717) is 0 Å². The lowest BCUT2D eigenvalue weighted by atomic mass is 10.1. The van der Waals surface area contributed by atoms with Crippen LogP contribution in [-0.4, -0.2) is 45.8 Å². The Morgan fingerprint density at radius 1 is 0.821 bits per heavy atom. The van der Waals surface area contributed by atoms with E-state index >= 15 is 0 Å². The first kappa shape index (κ1) is 19.2. The summed E-state index contributed by atoms with van der Waals surface area (Å²) in [7, 11) is 0. The van der Waals surface area contributed by atoms with Gasteiger partial charge in [-0.05, 0) is 37.1 Å². The predicted molar refractivity (Wildman–Crippen MR) is 115 cm³/mol. The molecule has 2 aromatic carbocycles. The molecule has 0 spiro atoms. The summed E-state index contributed by atoms with van der Waals surface area (Å²) in [6.45, 7) is 10.4. The molecule has 1 saturated heterocycles. The minimum absolute atomic E-state index is 0.728. The quantitative estimate of drug-likeness (QED) is 0.638. The van der Waals surface area contributed by atoms with Crippen LogP contribution in [0, 0.1) is 13.8 Å². The molecule has 1 aliphatic rings. The zero-order valence-corrected chi connectivity index (χ0v) is 17.4. The van der Waals surface area contributed by atoms with Crippen LogP contribution in [0.5, 0.6) is 0 Å². The van der Waals surface area contributed by atoms with Crippen LogP contribution >= 0.6 is 11.6 Å². The normalized spacial score (nSPS) is 15.8. The van der Waals surface area contributed by atoms with E-state index in [-0.39, 0.29) is 0 Å². The van der Waals surface area contributed by atoms with Crippen molar-refractivity contribution in [2.75, 3.05) is 26.2 Å². The molecule has 0 atom stereocenters. The van der Waals surface area contributed by atoms with E-state index in [1.165, 1.54) is 11.1 Å². The summed E-state index contributed by atoms with van der Waals surface area (Å²) in [5.74, 6) is 0. The van der Waals surface area contributed by atoms with Gasteiger partial charge in [0.25, 0.3) is 0 Å². The molecule has 1 aromatic heterocycles. The van der Waals surface area contributed by atoms with Gasteiger partial charge in [0, 0.05) is 44.8 Å². The number of aromatic nitrogens is 2. The molecule has 0 amide bonds. The zero-order valence-electron chi connectivity index (χ0n) is 16.6. The lowest BCUT2D eigenvalue weighted by Crippen LogP contribution is -2.45. The van der Waals surface area contributed by atoms with Gasteiger partial charge in [0.2, 0.25) is 0 Å². The number of halogens is 1. The van der Waals surface area contributed by atoms with E-state index in [1.54, 1.807) is 0 Å². The topological polar surface area (TPSA) is 24.3 Å². The van der Waals surface area contributed by atoms with E-state index < -0.39 is 0 Å². The van der Waals surface area contributed by atoms with Crippen LogP contribution in [0.25, 0.3) is 5.69 Å². The Balaban J connectivity index is 1.39. The van der Waals surface area contributed by atoms with Gasteiger partial charge in [0.15, 0.2) is 0 Å². The second-order valence-electron chi connectivity index (χ2n) is 7.58. The molecule has 2 heterocycles. The molecule has 3 aromatic rings. The smallest absolute Gasteiger partial charge is 0.137 e. The van der Waals surface area contributed by atoms with Crippen molar-refractivity contribution >= 4 is 11.6 Å². The van der Waals surface area contributed by atoms with Crippen molar-refractivity contribution in [1.82, 2.24) is 19.6 Å².